The van der Waals surface area contributed by atoms with Crippen LogP contribution in [0.3, 0.4) is 0 Å². The summed E-state index contributed by atoms with van der Waals surface area (Å²) in [5.74, 6) is 7.71. The number of nitrogens with two attached hydrogens (primary N) is 1. The van der Waals surface area contributed by atoms with Crippen LogP contribution in [0.1, 0.15) is 57.9 Å². The molecule has 0 saturated heterocycles. The van der Waals surface area contributed by atoms with E-state index in [2.05, 4.69) is 41.5 Å². The first-order valence-corrected chi connectivity index (χ1v) is 7.73. The molecule has 1 fully saturated rings. The van der Waals surface area contributed by atoms with Crippen molar-refractivity contribution in [3.63, 3.8) is 0 Å². The van der Waals surface area contributed by atoms with Gasteiger partial charge in [0.25, 0.3) is 0 Å². The largest absolute Gasteiger partial charge is 0.388 e. The number of aliphatic hydroxyl groups is 1. The van der Waals surface area contributed by atoms with E-state index in [4.69, 9.17) is 5.84 Å². The van der Waals surface area contributed by atoms with Crippen LogP contribution in [0.2, 0.25) is 0 Å². The smallest absolute Gasteiger partial charge is 0.148 e. The van der Waals surface area contributed by atoms with Crippen LogP contribution in [0.5, 0.6) is 0 Å². The van der Waals surface area contributed by atoms with Crippen molar-refractivity contribution >= 4 is 11.6 Å². The van der Waals surface area contributed by atoms with Gasteiger partial charge in [-0.15, -0.1) is 0 Å². The van der Waals surface area contributed by atoms with Gasteiger partial charge < -0.3 is 15.8 Å². The first kappa shape index (κ1) is 16.0. The third kappa shape index (κ3) is 3.83. The molecule has 5 N–H and O–H groups in total. The first-order chi connectivity index (χ1) is 9.95. The molecule has 0 spiro atoms. The summed E-state index contributed by atoms with van der Waals surface area (Å²) < 4.78 is 0. The molecule has 1 aliphatic rings. The van der Waals surface area contributed by atoms with E-state index in [9.17, 15) is 5.11 Å². The van der Waals surface area contributed by atoms with Gasteiger partial charge >= 0.3 is 0 Å². The van der Waals surface area contributed by atoms with E-state index in [1.165, 1.54) is 12.7 Å². The second-order valence-corrected chi connectivity index (χ2v) is 6.56. The highest BCUT2D eigenvalue weighted by Crippen LogP contribution is 2.33. The Balaban J connectivity index is 2.12. The van der Waals surface area contributed by atoms with Crippen LogP contribution in [0, 0.1) is 5.92 Å². The standard InChI is InChI=1S/C15H27N5O/c1-10(2)12-13(18-9-19-14(12)20-16)17-8-15(21)6-4-5-11(3)7-15/h9-11,21H,4-8,16H2,1-3H3,(H2,17,18,19,20). The summed E-state index contributed by atoms with van der Waals surface area (Å²) in [5.41, 5.74) is 2.92. The van der Waals surface area contributed by atoms with Crippen molar-refractivity contribution in [2.45, 2.75) is 58.0 Å². The molecule has 1 aromatic heterocycles. The summed E-state index contributed by atoms with van der Waals surface area (Å²) in [6.45, 7) is 6.85. The molecule has 1 heterocycles. The van der Waals surface area contributed by atoms with Crippen molar-refractivity contribution in [1.82, 2.24) is 9.97 Å². The van der Waals surface area contributed by atoms with E-state index in [1.807, 2.05) is 0 Å². The molecule has 21 heavy (non-hydrogen) atoms. The number of nitrogens with zero attached hydrogens (tertiary/aromatic N) is 2. The number of aromatic nitrogens is 2. The van der Waals surface area contributed by atoms with Crippen LogP contribution in [0.15, 0.2) is 6.33 Å². The summed E-state index contributed by atoms with van der Waals surface area (Å²) >= 11 is 0. The average molecular weight is 293 g/mol. The quantitative estimate of drug-likeness (QED) is 0.491. The number of hydrogen-bond donors (Lipinski definition) is 4. The van der Waals surface area contributed by atoms with Gasteiger partial charge in [-0.1, -0.05) is 33.6 Å². The normalized spacial score (nSPS) is 25.9. The summed E-state index contributed by atoms with van der Waals surface area (Å²) in [4.78, 5) is 8.47. The highest BCUT2D eigenvalue weighted by atomic mass is 16.3. The Morgan fingerprint density at radius 2 is 2.14 bits per heavy atom. The zero-order chi connectivity index (χ0) is 15.5. The molecule has 2 atom stereocenters. The summed E-state index contributed by atoms with van der Waals surface area (Å²) in [7, 11) is 0. The van der Waals surface area contributed by atoms with Crippen LogP contribution < -0.4 is 16.6 Å². The van der Waals surface area contributed by atoms with Gasteiger partial charge in [-0.05, 0) is 24.7 Å². The third-order valence-corrected chi connectivity index (χ3v) is 4.25. The van der Waals surface area contributed by atoms with Crippen LogP contribution in [0.4, 0.5) is 11.6 Å². The van der Waals surface area contributed by atoms with Gasteiger partial charge in [-0.2, -0.15) is 0 Å². The predicted octanol–water partition coefficient (Wildman–Crippen LogP) is 2.24. The summed E-state index contributed by atoms with van der Waals surface area (Å²) in [6, 6.07) is 0. The van der Waals surface area contributed by atoms with Gasteiger partial charge in [0.2, 0.25) is 0 Å². The molecule has 2 unspecified atom stereocenters. The Kier molecular flexibility index (Phi) is 5.00. The third-order valence-electron chi connectivity index (χ3n) is 4.25. The number of nitrogens with one attached hydrogen (secondary N) is 2. The monoisotopic (exact) mass is 293 g/mol. The molecule has 0 radical (unpaired) electrons. The van der Waals surface area contributed by atoms with E-state index < -0.39 is 5.60 Å². The highest BCUT2D eigenvalue weighted by Gasteiger charge is 2.32. The number of hydrogen-bond acceptors (Lipinski definition) is 6. The molecule has 0 aliphatic heterocycles. The fourth-order valence-electron chi connectivity index (χ4n) is 3.24. The predicted molar refractivity (Wildman–Crippen MR) is 85.0 cm³/mol. The Morgan fingerprint density at radius 1 is 1.43 bits per heavy atom. The van der Waals surface area contributed by atoms with Crippen molar-refractivity contribution in [3.05, 3.63) is 11.9 Å². The minimum atomic E-state index is -0.646. The minimum Gasteiger partial charge on any atom is -0.388 e. The molecule has 6 heteroatoms. The molecule has 0 bridgehead atoms. The van der Waals surface area contributed by atoms with E-state index >= 15 is 0 Å². The highest BCUT2D eigenvalue weighted by molar-refractivity contribution is 5.58. The Bertz CT molecular complexity index is 479. The van der Waals surface area contributed by atoms with Crippen molar-refractivity contribution < 1.29 is 5.11 Å². The lowest BCUT2D eigenvalue weighted by Gasteiger charge is -2.36. The maximum Gasteiger partial charge on any atom is 0.148 e. The lowest BCUT2D eigenvalue weighted by Crippen LogP contribution is -2.41. The van der Waals surface area contributed by atoms with Gasteiger partial charge in [0, 0.05) is 12.1 Å². The molecular weight excluding hydrogens is 266 g/mol. The van der Waals surface area contributed by atoms with Crippen molar-refractivity contribution in [1.29, 1.82) is 0 Å². The van der Waals surface area contributed by atoms with Crippen LogP contribution in [-0.4, -0.2) is 27.2 Å². The van der Waals surface area contributed by atoms with E-state index in [0.29, 0.717) is 18.3 Å². The zero-order valence-electron chi connectivity index (χ0n) is 13.2. The molecule has 1 aliphatic carbocycles. The van der Waals surface area contributed by atoms with Gasteiger partial charge in [-0.3, -0.25) is 0 Å². The Hall–Kier alpha value is -1.40. The maximum absolute atomic E-state index is 10.7. The Morgan fingerprint density at radius 3 is 2.76 bits per heavy atom. The number of nitrogen functional groups attached to an aromatic ring is 1. The lowest BCUT2D eigenvalue weighted by molar-refractivity contribution is -0.000844. The second-order valence-electron chi connectivity index (χ2n) is 6.56. The van der Waals surface area contributed by atoms with Crippen molar-refractivity contribution in [2.75, 3.05) is 17.3 Å². The topological polar surface area (TPSA) is 96.1 Å². The summed E-state index contributed by atoms with van der Waals surface area (Å²) in [6.07, 6.45) is 5.44. The molecule has 118 valence electrons. The molecule has 1 aromatic rings. The van der Waals surface area contributed by atoms with Crippen molar-refractivity contribution in [3.8, 4) is 0 Å². The second kappa shape index (κ2) is 6.58. The average Bonchev–Trinajstić information content (AvgIpc) is 2.44. The summed E-state index contributed by atoms with van der Waals surface area (Å²) in [5, 5.41) is 14.0. The van der Waals surface area contributed by atoms with Crippen LogP contribution >= 0.6 is 0 Å². The fourth-order valence-corrected chi connectivity index (χ4v) is 3.24. The number of anilines is 2. The van der Waals surface area contributed by atoms with E-state index in [-0.39, 0.29) is 5.92 Å². The van der Waals surface area contributed by atoms with Crippen LogP contribution in [-0.2, 0) is 0 Å². The molecular formula is C15H27N5O. The van der Waals surface area contributed by atoms with Crippen molar-refractivity contribution in [2.24, 2.45) is 11.8 Å². The van der Waals surface area contributed by atoms with Gasteiger partial charge in [0.1, 0.15) is 18.0 Å². The Labute approximate surface area is 126 Å². The molecule has 0 amide bonds. The van der Waals surface area contributed by atoms with Crippen LogP contribution in [0.25, 0.3) is 0 Å². The van der Waals surface area contributed by atoms with Gasteiger partial charge in [-0.25, -0.2) is 15.8 Å². The minimum absolute atomic E-state index is 0.236. The fraction of sp³-hybridized carbons (Fsp3) is 0.733. The number of hydrazine groups is 1. The first-order valence-electron chi connectivity index (χ1n) is 7.73. The molecule has 6 nitrogen and oxygen atoms in total. The van der Waals surface area contributed by atoms with Gasteiger partial charge in [0.15, 0.2) is 0 Å². The zero-order valence-corrected chi connectivity index (χ0v) is 13.2. The van der Waals surface area contributed by atoms with Gasteiger partial charge in [0.05, 0.1) is 5.60 Å². The molecule has 1 saturated carbocycles. The number of rotatable bonds is 5. The maximum atomic E-state index is 10.7. The molecule has 2 rings (SSSR count). The van der Waals surface area contributed by atoms with E-state index in [0.717, 1.165) is 30.6 Å². The molecule has 0 aromatic carbocycles. The SMILES string of the molecule is CC1CCCC(O)(CNc2ncnc(NN)c2C(C)C)C1. The lowest BCUT2D eigenvalue weighted by atomic mass is 9.79. The van der Waals surface area contributed by atoms with E-state index in [1.54, 1.807) is 0 Å².